The smallest absolute Gasteiger partial charge is 0.0331 e. The van der Waals surface area contributed by atoms with E-state index < -0.39 is 0 Å². The molecule has 0 aromatic carbocycles. The fourth-order valence-corrected chi connectivity index (χ4v) is 4.11. The van der Waals surface area contributed by atoms with Crippen LogP contribution in [0.1, 0.15) is 56.5 Å². The van der Waals surface area contributed by atoms with Crippen LogP contribution in [0.2, 0.25) is 0 Å². The quantitative estimate of drug-likeness (QED) is 0.858. The van der Waals surface area contributed by atoms with Crippen LogP contribution in [0.25, 0.3) is 0 Å². The first-order chi connectivity index (χ1) is 9.03. The molecule has 0 fully saturated rings. The van der Waals surface area contributed by atoms with Crippen molar-refractivity contribution in [2.24, 2.45) is 11.1 Å². The first kappa shape index (κ1) is 15.0. The number of thiophene rings is 1. The van der Waals surface area contributed by atoms with Gasteiger partial charge in [0.1, 0.15) is 0 Å². The molecule has 19 heavy (non-hydrogen) atoms. The Morgan fingerprint density at radius 2 is 2.21 bits per heavy atom. The Balaban J connectivity index is 1.82. The summed E-state index contributed by atoms with van der Waals surface area (Å²) in [5, 5.41) is 2.25. The average Bonchev–Trinajstić information content (AvgIpc) is 2.81. The van der Waals surface area contributed by atoms with Crippen molar-refractivity contribution in [2.45, 2.75) is 52.5 Å². The van der Waals surface area contributed by atoms with Crippen LogP contribution >= 0.6 is 11.3 Å². The Hall–Kier alpha value is -0.380. The molecular formula is C16H28N2S. The van der Waals surface area contributed by atoms with Crippen LogP contribution < -0.4 is 5.73 Å². The van der Waals surface area contributed by atoms with Crippen LogP contribution in [0.15, 0.2) is 11.4 Å². The highest BCUT2D eigenvalue weighted by molar-refractivity contribution is 7.10. The van der Waals surface area contributed by atoms with Crippen molar-refractivity contribution in [3.63, 3.8) is 0 Å². The van der Waals surface area contributed by atoms with E-state index in [1.807, 2.05) is 11.3 Å². The monoisotopic (exact) mass is 280 g/mol. The van der Waals surface area contributed by atoms with Gasteiger partial charge in [0.25, 0.3) is 0 Å². The molecule has 108 valence electrons. The second-order valence-corrected chi connectivity index (χ2v) is 7.57. The van der Waals surface area contributed by atoms with Gasteiger partial charge in [0.15, 0.2) is 0 Å². The van der Waals surface area contributed by atoms with Gasteiger partial charge in [-0.3, -0.25) is 4.90 Å². The third-order valence-corrected chi connectivity index (χ3v) is 5.52. The Labute approximate surface area is 122 Å². The number of rotatable bonds is 6. The zero-order valence-electron chi connectivity index (χ0n) is 12.6. The summed E-state index contributed by atoms with van der Waals surface area (Å²) in [4.78, 5) is 4.25. The van der Waals surface area contributed by atoms with Gasteiger partial charge in [-0.1, -0.05) is 13.8 Å². The van der Waals surface area contributed by atoms with Crippen molar-refractivity contribution >= 4 is 11.3 Å². The van der Waals surface area contributed by atoms with E-state index in [0.717, 1.165) is 13.0 Å². The molecule has 0 saturated heterocycles. The largest absolute Gasteiger partial charge is 0.330 e. The molecule has 2 rings (SSSR count). The minimum absolute atomic E-state index is 0.404. The first-order valence-corrected chi connectivity index (χ1v) is 8.42. The predicted octanol–water partition coefficient (Wildman–Crippen LogP) is 3.82. The zero-order valence-corrected chi connectivity index (χ0v) is 13.4. The maximum absolute atomic E-state index is 5.68. The van der Waals surface area contributed by atoms with Crippen LogP contribution in [-0.4, -0.2) is 24.5 Å². The van der Waals surface area contributed by atoms with E-state index in [9.17, 15) is 0 Å². The van der Waals surface area contributed by atoms with Crippen LogP contribution in [0.5, 0.6) is 0 Å². The minimum Gasteiger partial charge on any atom is -0.330 e. The predicted molar refractivity (Wildman–Crippen MR) is 84.7 cm³/mol. The Bertz CT molecular complexity index is 397. The van der Waals surface area contributed by atoms with Gasteiger partial charge in [-0.2, -0.15) is 0 Å². The molecule has 1 aliphatic rings. The van der Waals surface area contributed by atoms with Gasteiger partial charge in [0.05, 0.1) is 0 Å². The van der Waals surface area contributed by atoms with E-state index in [4.69, 9.17) is 5.73 Å². The topological polar surface area (TPSA) is 29.3 Å². The molecule has 0 saturated carbocycles. The summed E-state index contributed by atoms with van der Waals surface area (Å²) >= 11 is 1.93. The lowest BCUT2D eigenvalue weighted by atomic mass is 9.84. The van der Waals surface area contributed by atoms with Gasteiger partial charge in [-0.15, -0.1) is 11.3 Å². The normalized spacial score (nSPS) is 20.5. The molecule has 3 heteroatoms. The summed E-state index contributed by atoms with van der Waals surface area (Å²) in [6, 6.07) is 2.92. The number of nitrogens with two attached hydrogens (primary N) is 1. The Morgan fingerprint density at radius 3 is 2.95 bits per heavy atom. The van der Waals surface area contributed by atoms with Gasteiger partial charge >= 0.3 is 0 Å². The van der Waals surface area contributed by atoms with Crippen molar-refractivity contribution in [1.82, 2.24) is 4.90 Å². The highest BCUT2D eigenvalue weighted by Gasteiger charge is 2.25. The maximum Gasteiger partial charge on any atom is 0.0331 e. The van der Waals surface area contributed by atoms with E-state index in [-0.39, 0.29) is 0 Å². The van der Waals surface area contributed by atoms with Gasteiger partial charge in [0, 0.05) is 17.5 Å². The van der Waals surface area contributed by atoms with Crippen molar-refractivity contribution in [2.75, 3.05) is 19.6 Å². The Kier molecular flexibility index (Phi) is 5.04. The van der Waals surface area contributed by atoms with Crippen molar-refractivity contribution in [1.29, 1.82) is 0 Å². The summed E-state index contributed by atoms with van der Waals surface area (Å²) < 4.78 is 0. The second kappa shape index (κ2) is 6.38. The van der Waals surface area contributed by atoms with Crippen LogP contribution in [0.4, 0.5) is 0 Å². The van der Waals surface area contributed by atoms with E-state index in [0.29, 0.717) is 11.5 Å². The molecule has 1 aromatic heterocycles. The van der Waals surface area contributed by atoms with Gasteiger partial charge in [-0.25, -0.2) is 0 Å². The van der Waals surface area contributed by atoms with Crippen molar-refractivity contribution < 1.29 is 0 Å². The first-order valence-electron chi connectivity index (χ1n) is 7.54. The molecule has 1 aliphatic heterocycles. The van der Waals surface area contributed by atoms with E-state index in [1.165, 1.54) is 32.4 Å². The molecule has 1 atom stereocenters. The molecule has 0 radical (unpaired) electrons. The standard InChI is InChI=1S/C16H28N2S/c1-13-14-6-12-19-15(14)5-11-18(13)10-4-7-16(2,3)8-9-17/h6,12-13H,4-5,7-11,17H2,1-3H3. The van der Waals surface area contributed by atoms with Gasteiger partial charge in [0.2, 0.25) is 0 Å². The summed E-state index contributed by atoms with van der Waals surface area (Å²) in [5.74, 6) is 0. The summed E-state index contributed by atoms with van der Waals surface area (Å²) in [7, 11) is 0. The molecule has 0 amide bonds. The molecule has 2 nitrogen and oxygen atoms in total. The molecule has 2 N–H and O–H groups in total. The summed E-state index contributed by atoms with van der Waals surface area (Å²) in [6.07, 6.45) is 4.95. The molecule has 1 aromatic rings. The zero-order chi connectivity index (χ0) is 13.9. The molecule has 0 spiro atoms. The fraction of sp³-hybridized carbons (Fsp3) is 0.750. The molecule has 1 unspecified atom stereocenters. The lowest BCUT2D eigenvalue weighted by molar-refractivity contribution is 0.182. The molecular weight excluding hydrogens is 252 g/mol. The maximum atomic E-state index is 5.68. The SMILES string of the molecule is CC1c2ccsc2CCN1CCCC(C)(C)CCN. The number of nitrogens with zero attached hydrogens (tertiary/aromatic N) is 1. The average molecular weight is 280 g/mol. The van der Waals surface area contributed by atoms with Crippen LogP contribution in [0.3, 0.4) is 0 Å². The minimum atomic E-state index is 0.404. The number of hydrogen-bond acceptors (Lipinski definition) is 3. The third-order valence-electron chi connectivity index (χ3n) is 4.52. The number of hydrogen-bond donors (Lipinski definition) is 1. The van der Waals surface area contributed by atoms with Crippen molar-refractivity contribution in [3.8, 4) is 0 Å². The summed E-state index contributed by atoms with van der Waals surface area (Å²) in [5.41, 5.74) is 7.65. The molecule has 0 bridgehead atoms. The third kappa shape index (κ3) is 3.80. The van der Waals surface area contributed by atoms with E-state index in [2.05, 4.69) is 37.1 Å². The van der Waals surface area contributed by atoms with Crippen LogP contribution in [-0.2, 0) is 6.42 Å². The van der Waals surface area contributed by atoms with Gasteiger partial charge < -0.3 is 5.73 Å². The second-order valence-electron chi connectivity index (χ2n) is 6.57. The summed E-state index contributed by atoms with van der Waals surface area (Å²) in [6.45, 7) is 10.3. The lowest BCUT2D eigenvalue weighted by Crippen LogP contribution is -2.34. The lowest BCUT2D eigenvalue weighted by Gasteiger charge is -2.34. The van der Waals surface area contributed by atoms with Crippen molar-refractivity contribution in [3.05, 3.63) is 21.9 Å². The van der Waals surface area contributed by atoms with E-state index >= 15 is 0 Å². The van der Waals surface area contributed by atoms with Gasteiger partial charge in [-0.05, 0) is 68.1 Å². The fourth-order valence-electron chi connectivity index (χ4n) is 3.14. The highest BCUT2D eigenvalue weighted by atomic mass is 32.1. The Morgan fingerprint density at radius 1 is 1.42 bits per heavy atom. The van der Waals surface area contributed by atoms with E-state index in [1.54, 1.807) is 10.4 Å². The highest BCUT2D eigenvalue weighted by Crippen LogP contribution is 2.33. The molecule has 2 heterocycles. The molecule has 0 aliphatic carbocycles. The number of fused-ring (bicyclic) bond motifs is 1. The van der Waals surface area contributed by atoms with Crippen LogP contribution in [0, 0.1) is 5.41 Å².